The van der Waals surface area contributed by atoms with E-state index in [4.69, 9.17) is 9.15 Å². The highest BCUT2D eigenvalue weighted by Crippen LogP contribution is 2.17. The van der Waals surface area contributed by atoms with E-state index in [2.05, 4.69) is 15.2 Å². The summed E-state index contributed by atoms with van der Waals surface area (Å²) in [4.78, 5) is 31.0. The fourth-order valence-corrected chi connectivity index (χ4v) is 3.95. The normalized spacial score (nSPS) is 15.4. The minimum atomic E-state index is -0.0290. The van der Waals surface area contributed by atoms with Crippen LogP contribution < -0.4 is 21.0 Å². The smallest absolute Gasteiger partial charge is 0.251 e. The van der Waals surface area contributed by atoms with Gasteiger partial charge in [0.2, 0.25) is 0 Å². The molecule has 0 aliphatic carbocycles. The van der Waals surface area contributed by atoms with E-state index in [0.29, 0.717) is 36.2 Å². The average Bonchev–Trinajstić information content (AvgIpc) is 2.79. The van der Waals surface area contributed by atoms with Crippen LogP contribution >= 0.6 is 0 Å². The zero-order chi connectivity index (χ0) is 21.8. The van der Waals surface area contributed by atoms with E-state index in [0.717, 1.165) is 43.5 Å². The highest BCUT2D eigenvalue weighted by molar-refractivity contribution is 5.75. The quantitative estimate of drug-likeness (QED) is 0.620. The zero-order valence-corrected chi connectivity index (χ0v) is 18.0. The number of hydrogen-bond donors (Lipinski definition) is 1. The van der Waals surface area contributed by atoms with Gasteiger partial charge in [0.1, 0.15) is 11.5 Å². The van der Waals surface area contributed by atoms with Crippen LogP contribution in [0.25, 0.3) is 11.0 Å². The predicted octanol–water partition coefficient (Wildman–Crippen LogP) is 1.92. The number of fused-ring (bicyclic) bond motifs is 1. The largest absolute Gasteiger partial charge is 0.495 e. The number of methoxy groups -OCH3 is 1. The Morgan fingerprint density at radius 3 is 2.74 bits per heavy atom. The number of pyridine rings is 2. The second-order valence-corrected chi connectivity index (χ2v) is 7.99. The molecule has 0 amide bonds. The van der Waals surface area contributed by atoms with Gasteiger partial charge < -0.3 is 23.9 Å². The lowest BCUT2D eigenvalue weighted by atomic mass is 10.0. The van der Waals surface area contributed by atoms with Crippen molar-refractivity contribution in [3.05, 3.63) is 68.6 Å². The van der Waals surface area contributed by atoms with Gasteiger partial charge in [-0.1, -0.05) is 0 Å². The highest BCUT2D eigenvalue weighted by atomic mass is 16.5. The summed E-state index contributed by atoms with van der Waals surface area (Å²) in [5.74, 6) is 1.31. The second-order valence-electron chi connectivity index (χ2n) is 7.99. The number of aromatic nitrogens is 2. The molecule has 0 bridgehead atoms. The number of nitrogens with zero attached hydrogens (tertiary/aromatic N) is 3. The fourth-order valence-electron chi connectivity index (χ4n) is 3.95. The number of likely N-dealkylation sites (tertiary alicyclic amines) is 1. The van der Waals surface area contributed by atoms with Crippen molar-refractivity contribution in [3.63, 3.8) is 0 Å². The molecule has 4 rings (SSSR count). The van der Waals surface area contributed by atoms with Gasteiger partial charge in [-0.2, -0.15) is 0 Å². The van der Waals surface area contributed by atoms with Gasteiger partial charge in [-0.05, 0) is 38.9 Å². The van der Waals surface area contributed by atoms with Gasteiger partial charge >= 0.3 is 0 Å². The van der Waals surface area contributed by atoms with Gasteiger partial charge in [0.05, 0.1) is 37.1 Å². The first kappa shape index (κ1) is 21.3. The van der Waals surface area contributed by atoms with Crippen LogP contribution in [0.5, 0.6) is 5.75 Å². The van der Waals surface area contributed by atoms with E-state index >= 15 is 0 Å². The molecular weight excluding hydrogens is 396 g/mol. The van der Waals surface area contributed by atoms with E-state index < -0.39 is 0 Å². The minimum absolute atomic E-state index is 0.00867. The van der Waals surface area contributed by atoms with Gasteiger partial charge in [0.15, 0.2) is 5.43 Å². The van der Waals surface area contributed by atoms with Gasteiger partial charge in [-0.3, -0.25) is 14.6 Å². The summed E-state index contributed by atoms with van der Waals surface area (Å²) in [5, 5.41) is 3.49. The standard InChI is InChI=1S/C23H28N4O4/c1-16-15-31-19(12-22(16)28)14-24-17-5-7-26(8-6-17)9-10-27-21-11-18(30-2)13-25-20(21)3-4-23(27)29/h3-4,11-13,15,17,24H,5-10,14H2,1-2H3. The lowest BCUT2D eigenvalue weighted by molar-refractivity contribution is 0.189. The van der Waals surface area contributed by atoms with Crippen molar-refractivity contribution in [1.29, 1.82) is 0 Å². The monoisotopic (exact) mass is 424 g/mol. The maximum absolute atomic E-state index is 12.5. The molecule has 1 fully saturated rings. The molecule has 0 saturated carbocycles. The molecule has 1 aliphatic heterocycles. The Labute approximate surface area is 180 Å². The van der Waals surface area contributed by atoms with Crippen LogP contribution in [0.2, 0.25) is 0 Å². The summed E-state index contributed by atoms with van der Waals surface area (Å²) in [7, 11) is 1.60. The minimum Gasteiger partial charge on any atom is -0.495 e. The van der Waals surface area contributed by atoms with Crippen LogP contribution in [0.1, 0.15) is 24.2 Å². The molecule has 3 aromatic rings. The van der Waals surface area contributed by atoms with Crippen molar-refractivity contribution in [3.8, 4) is 5.75 Å². The number of ether oxygens (including phenoxy) is 1. The molecule has 0 spiro atoms. The molecule has 3 aromatic heterocycles. The number of aryl methyl sites for hydroxylation is 1. The van der Waals surface area contributed by atoms with E-state index in [-0.39, 0.29) is 11.0 Å². The van der Waals surface area contributed by atoms with Crippen LogP contribution in [0.15, 0.2) is 50.7 Å². The Morgan fingerprint density at radius 2 is 2.00 bits per heavy atom. The highest BCUT2D eigenvalue weighted by Gasteiger charge is 2.19. The van der Waals surface area contributed by atoms with Crippen molar-refractivity contribution in [1.82, 2.24) is 19.8 Å². The molecule has 8 heteroatoms. The topological polar surface area (TPSA) is 89.6 Å². The second kappa shape index (κ2) is 9.45. The maximum atomic E-state index is 12.5. The van der Waals surface area contributed by atoms with E-state index in [1.807, 2.05) is 6.07 Å². The number of nitrogens with one attached hydrogen (secondary N) is 1. The molecule has 31 heavy (non-hydrogen) atoms. The molecule has 0 radical (unpaired) electrons. The van der Waals surface area contributed by atoms with Crippen LogP contribution in [0, 0.1) is 6.92 Å². The first-order valence-corrected chi connectivity index (χ1v) is 10.6. The number of hydrogen-bond acceptors (Lipinski definition) is 7. The summed E-state index contributed by atoms with van der Waals surface area (Å²) in [5.41, 5.74) is 2.18. The summed E-state index contributed by atoms with van der Waals surface area (Å²) >= 11 is 0. The third kappa shape index (κ3) is 5.03. The summed E-state index contributed by atoms with van der Waals surface area (Å²) in [6.07, 6.45) is 5.20. The molecule has 0 unspecified atom stereocenters. The molecule has 1 saturated heterocycles. The van der Waals surface area contributed by atoms with E-state index in [1.54, 1.807) is 43.0 Å². The van der Waals surface area contributed by atoms with Crippen LogP contribution in [0.3, 0.4) is 0 Å². The van der Waals surface area contributed by atoms with Gasteiger partial charge in [-0.25, -0.2) is 0 Å². The first-order chi connectivity index (χ1) is 15.0. The molecule has 0 aromatic carbocycles. The number of piperidine rings is 1. The summed E-state index contributed by atoms with van der Waals surface area (Å²) in [6.45, 7) is 5.62. The van der Waals surface area contributed by atoms with Gasteiger partial charge in [-0.15, -0.1) is 0 Å². The fraction of sp³-hybridized carbons (Fsp3) is 0.435. The molecule has 8 nitrogen and oxygen atoms in total. The SMILES string of the molecule is COc1cnc2ccc(=O)n(CCN3CCC(NCc4cc(=O)c(C)co4)CC3)c2c1. The van der Waals surface area contributed by atoms with Crippen molar-refractivity contribution in [2.24, 2.45) is 0 Å². The predicted molar refractivity (Wildman–Crippen MR) is 119 cm³/mol. The van der Waals surface area contributed by atoms with Gasteiger partial charge in [0.25, 0.3) is 5.56 Å². The van der Waals surface area contributed by atoms with Crippen LogP contribution in [0.4, 0.5) is 0 Å². The van der Waals surface area contributed by atoms with Gasteiger partial charge in [0, 0.05) is 42.9 Å². The molecule has 1 N–H and O–H groups in total. The Bertz CT molecular complexity index is 1160. The molecule has 1 aliphatic rings. The third-order valence-corrected chi connectivity index (χ3v) is 5.91. The van der Waals surface area contributed by atoms with Crippen LogP contribution in [-0.4, -0.2) is 47.2 Å². The van der Waals surface area contributed by atoms with Crippen molar-refractivity contribution in [2.45, 2.75) is 38.9 Å². The summed E-state index contributed by atoms with van der Waals surface area (Å²) < 4.78 is 12.5. The lowest BCUT2D eigenvalue weighted by Gasteiger charge is -2.32. The Morgan fingerprint density at radius 1 is 1.19 bits per heavy atom. The first-order valence-electron chi connectivity index (χ1n) is 10.6. The van der Waals surface area contributed by atoms with Crippen LogP contribution in [-0.2, 0) is 13.1 Å². The Hall–Kier alpha value is -2.97. The molecule has 164 valence electrons. The van der Waals surface area contributed by atoms with E-state index in [1.165, 1.54) is 6.26 Å². The maximum Gasteiger partial charge on any atom is 0.251 e. The van der Waals surface area contributed by atoms with Crippen molar-refractivity contribution < 1.29 is 9.15 Å². The summed E-state index contributed by atoms with van der Waals surface area (Å²) in [6, 6.07) is 7.13. The molecule has 4 heterocycles. The van der Waals surface area contributed by atoms with Crippen molar-refractivity contribution >= 4 is 11.0 Å². The zero-order valence-electron chi connectivity index (χ0n) is 18.0. The number of rotatable bonds is 7. The third-order valence-electron chi connectivity index (χ3n) is 5.91. The Balaban J connectivity index is 1.31. The lowest BCUT2D eigenvalue weighted by Crippen LogP contribution is -2.43. The molecule has 0 atom stereocenters. The van der Waals surface area contributed by atoms with Crippen molar-refractivity contribution in [2.75, 3.05) is 26.7 Å². The average molecular weight is 425 g/mol. The molecular formula is C23H28N4O4. The van der Waals surface area contributed by atoms with E-state index in [9.17, 15) is 9.59 Å². The Kier molecular flexibility index (Phi) is 6.48.